The molecule has 1 aliphatic carbocycles. The third-order valence-electron chi connectivity index (χ3n) is 15.9. The number of nitrogens with one attached hydrogen (secondary N) is 1. The molecule has 0 spiro atoms. The minimum Gasteiger partial charge on any atom is -0.495 e. The number of carbonyl (C=O) groups excluding carboxylic acids is 9. The first-order valence-electron chi connectivity index (χ1n) is 26.1. The molecular weight excluding hydrogens is 1040 g/mol. The number of benzene rings is 1. The topological polar surface area (TPSA) is 258 Å². The van der Waals surface area contributed by atoms with Crippen molar-refractivity contribution in [3.05, 3.63) is 46.5 Å². The number of rotatable bonds is 14. The first-order valence-corrected chi connectivity index (χ1v) is 27.4. The predicted molar refractivity (Wildman–Crippen MR) is 280 cm³/mol. The van der Waals surface area contributed by atoms with Gasteiger partial charge in [0.25, 0.3) is 11.8 Å². The maximum atomic E-state index is 14.4. The highest BCUT2D eigenvalue weighted by Gasteiger charge is 2.64. The molecule has 422 valence electrons. The summed E-state index contributed by atoms with van der Waals surface area (Å²) in [4.78, 5) is 128. The highest BCUT2D eigenvalue weighted by atomic mass is 35.5. The number of imide groups is 2. The van der Waals surface area contributed by atoms with E-state index in [-0.39, 0.29) is 67.8 Å². The minimum atomic E-state index is -1.89. The van der Waals surface area contributed by atoms with E-state index in [1.54, 1.807) is 45.2 Å². The van der Waals surface area contributed by atoms with E-state index in [2.05, 4.69) is 5.32 Å². The van der Waals surface area contributed by atoms with Gasteiger partial charge in [-0.25, -0.2) is 14.4 Å². The summed E-state index contributed by atoms with van der Waals surface area (Å²) >= 11 is 8.14. The first-order chi connectivity index (χ1) is 36.2. The van der Waals surface area contributed by atoms with Crippen LogP contribution in [0.4, 0.5) is 10.5 Å². The van der Waals surface area contributed by atoms with E-state index < -0.39 is 112 Å². The van der Waals surface area contributed by atoms with Gasteiger partial charge in [-0.2, -0.15) is 0 Å². The second-order valence-corrected chi connectivity index (χ2v) is 24.3. The number of aliphatic hydroxyl groups is 1. The Labute approximate surface area is 457 Å². The van der Waals surface area contributed by atoms with Gasteiger partial charge in [-0.15, -0.1) is 16.8 Å². The lowest BCUT2D eigenvalue weighted by atomic mass is 9.82. The number of thioether (sulfide) groups is 1. The summed E-state index contributed by atoms with van der Waals surface area (Å²) in [6.45, 7) is 10.8. The van der Waals surface area contributed by atoms with Gasteiger partial charge in [0.2, 0.25) is 23.6 Å². The molecule has 1 aromatic rings. The molecule has 21 nitrogen and oxygen atoms in total. The van der Waals surface area contributed by atoms with Crippen LogP contribution in [0.25, 0.3) is 0 Å². The highest BCUT2D eigenvalue weighted by molar-refractivity contribution is 8.02. The Morgan fingerprint density at radius 1 is 1.01 bits per heavy atom. The number of likely N-dealkylation sites (N-methyl/N-ethyl adjacent to an activating group) is 1. The van der Waals surface area contributed by atoms with Gasteiger partial charge in [0.05, 0.1) is 36.5 Å². The van der Waals surface area contributed by atoms with Crippen molar-refractivity contribution in [2.45, 2.75) is 170 Å². The van der Waals surface area contributed by atoms with Crippen LogP contribution in [0.15, 0.2) is 35.9 Å². The van der Waals surface area contributed by atoms with Crippen molar-refractivity contribution in [2.75, 3.05) is 39.8 Å². The number of amides is 7. The van der Waals surface area contributed by atoms with E-state index in [0.717, 1.165) is 11.1 Å². The van der Waals surface area contributed by atoms with Gasteiger partial charge in [0.15, 0.2) is 5.72 Å². The van der Waals surface area contributed by atoms with E-state index in [9.17, 15) is 48.3 Å². The molecule has 7 amide bonds. The van der Waals surface area contributed by atoms with E-state index in [1.165, 1.54) is 54.7 Å². The molecule has 4 bridgehead atoms. The van der Waals surface area contributed by atoms with Crippen LogP contribution in [0, 0.1) is 17.8 Å². The zero-order valence-corrected chi connectivity index (χ0v) is 47.0. The Morgan fingerprint density at radius 3 is 2.34 bits per heavy atom. The van der Waals surface area contributed by atoms with Gasteiger partial charge in [0, 0.05) is 70.5 Å². The standard InChI is InChI=1S/C54H72ClN5O16S/c1-29-12-11-13-39(72-10)54(70)27-37(73-51(69)56-54)30(2)47-53(6,75-47)40(26-44(64)58(8)35-23-33(22-29)24-36(71-9)46(35)55)74-49(67)31(3)57(7)41(61)20-21-52(4,5)77-38-25-45(65)59(48(38)66)28-32-14-16-34(17-15-32)50(68)76-60-42(62)18-19-43(60)63/h11-13,23-24,30-32,34,37-40,47,70H,14-22,25-28H2,1-10H3,(H,56,69)/b13-11+,29-12+/t30-,31+,32?,34?,37+,38?,39?,40?,47+,53+,54+/m1/s1. The van der Waals surface area contributed by atoms with Gasteiger partial charge in [-0.3, -0.25) is 39.0 Å². The molecule has 2 N–H and O–H groups in total. The molecule has 3 unspecified atom stereocenters. The fourth-order valence-corrected chi connectivity index (χ4v) is 12.6. The van der Waals surface area contributed by atoms with Crippen molar-refractivity contribution in [3.8, 4) is 5.75 Å². The monoisotopic (exact) mass is 1110 g/mol. The Hall–Kier alpha value is -5.55. The number of allylic oxidation sites excluding steroid dienone is 3. The quantitative estimate of drug-likeness (QED) is 0.135. The largest absolute Gasteiger partial charge is 0.495 e. The molecule has 9 atom stereocenters. The first kappa shape index (κ1) is 59.1. The summed E-state index contributed by atoms with van der Waals surface area (Å²) in [7, 11) is 5.89. The average molecular weight is 1110 g/mol. The number of hydrogen-bond donors (Lipinski definition) is 2. The van der Waals surface area contributed by atoms with Crippen molar-refractivity contribution in [2.24, 2.45) is 17.8 Å². The maximum absolute atomic E-state index is 14.4. The number of halogens is 1. The molecule has 5 fully saturated rings. The van der Waals surface area contributed by atoms with E-state index >= 15 is 0 Å². The lowest BCUT2D eigenvalue weighted by Gasteiger charge is -2.42. The van der Waals surface area contributed by atoms with Gasteiger partial charge in [-0.05, 0) is 82.9 Å². The highest BCUT2D eigenvalue weighted by Crippen LogP contribution is 2.49. The SMILES string of the molecule is COc1cc2cc(c1Cl)N(C)C(=O)CC(OC(=O)[C@H](C)N(C)C(=O)CCC(C)(C)SC1CC(=O)N(CC3CCC(C(=O)ON4C(=O)CCC4=O)CC3)C1=O)[C@]1(C)O[C@H]1[C@H](C)[C@@H]1C[C@@](O)(NC(=O)O1)C(OC)/C=C/C=C(\C)C2. The molecule has 5 heterocycles. The minimum absolute atomic E-state index is 0.00150. The van der Waals surface area contributed by atoms with Crippen molar-refractivity contribution >= 4 is 82.5 Å². The summed E-state index contributed by atoms with van der Waals surface area (Å²) in [5.74, 6) is -4.90. The molecule has 0 aromatic heterocycles. The number of alkyl carbamates (subject to hydrolysis) is 1. The number of carbonyl (C=O) groups is 9. The molecule has 5 aliphatic heterocycles. The number of esters is 1. The van der Waals surface area contributed by atoms with Crippen molar-refractivity contribution in [1.29, 1.82) is 0 Å². The number of hydrogen-bond acceptors (Lipinski definition) is 17. The number of ether oxygens (including phenoxy) is 5. The summed E-state index contributed by atoms with van der Waals surface area (Å²) in [5.41, 5.74) is -1.21. The molecule has 4 saturated heterocycles. The van der Waals surface area contributed by atoms with Gasteiger partial charge in [-0.1, -0.05) is 56.2 Å². The predicted octanol–water partition coefficient (Wildman–Crippen LogP) is 5.35. The smallest absolute Gasteiger partial charge is 0.409 e. The maximum Gasteiger partial charge on any atom is 0.409 e. The number of fused-ring (bicyclic) bond motifs is 5. The second-order valence-electron chi connectivity index (χ2n) is 22.0. The van der Waals surface area contributed by atoms with Gasteiger partial charge in [0.1, 0.15) is 40.7 Å². The van der Waals surface area contributed by atoms with Crippen molar-refractivity contribution < 1.29 is 76.8 Å². The zero-order chi connectivity index (χ0) is 56.5. The van der Waals surface area contributed by atoms with E-state index in [4.69, 9.17) is 40.1 Å². The third-order valence-corrected chi connectivity index (χ3v) is 17.8. The Bertz CT molecular complexity index is 2570. The van der Waals surface area contributed by atoms with E-state index in [0.29, 0.717) is 48.6 Å². The van der Waals surface area contributed by atoms with Crippen molar-refractivity contribution in [3.63, 3.8) is 0 Å². The number of nitrogens with zero attached hydrogens (tertiary/aromatic N) is 4. The molecule has 6 aliphatic rings. The Kier molecular flexibility index (Phi) is 18.3. The van der Waals surface area contributed by atoms with Crippen LogP contribution in [0.1, 0.15) is 118 Å². The fraction of sp³-hybridized carbons (Fsp3) is 0.648. The molecule has 1 aromatic carbocycles. The van der Waals surface area contributed by atoms with Crippen LogP contribution in [-0.4, -0.2) is 160 Å². The van der Waals surface area contributed by atoms with Crippen molar-refractivity contribution in [1.82, 2.24) is 20.2 Å². The van der Waals surface area contributed by atoms with Crippen LogP contribution in [0.2, 0.25) is 5.02 Å². The number of anilines is 1. The number of methoxy groups -OCH3 is 2. The number of epoxide rings is 1. The lowest BCUT2D eigenvalue weighted by Crippen LogP contribution is -2.63. The molecule has 1 saturated carbocycles. The van der Waals surface area contributed by atoms with E-state index in [1.807, 2.05) is 26.8 Å². The average Bonchev–Trinajstić information content (AvgIpc) is 3.99. The molecule has 77 heavy (non-hydrogen) atoms. The number of likely N-dealkylation sites (tertiary alicyclic amines) is 1. The summed E-state index contributed by atoms with van der Waals surface area (Å²) in [5, 5.41) is 14.4. The fourth-order valence-electron chi connectivity index (χ4n) is 10.8. The zero-order valence-electron chi connectivity index (χ0n) is 45.4. The summed E-state index contributed by atoms with van der Waals surface area (Å²) in [6, 6.07) is 2.39. The van der Waals surface area contributed by atoms with Crippen LogP contribution < -0.4 is 15.0 Å². The van der Waals surface area contributed by atoms with Crippen LogP contribution in [0.3, 0.4) is 0 Å². The Morgan fingerprint density at radius 2 is 1.69 bits per heavy atom. The van der Waals surface area contributed by atoms with Crippen LogP contribution >= 0.6 is 23.4 Å². The molecular formula is C54H72ClN5O16S. The molecule has 23 heteroatoms. The molecule has 0 radical (unpaired) electrons. The number of hydroxylamine groups is 2. The van der Waals surface area contributed by atoms with Crippen LogP contribution in [0.5, 0.6) is 5.75 Å². The van der Waals surface area contributed by atoms with Crippen LogP contribution in [-0.2, 0) is 68.6 Å². The Balaban J connectivity index is 0.990. The second kappa shape index (κ2) is 23.8. The molecule has 7 rings (SSSR count). The summed E-state index contributed by atoms with van der Waals surface area (Å²) < 4.78 is 28.9. The lowest BCUT2D eigenvalue weighted by molar-refractivity contribution is -0.201. The van der Waals surface area contributed by atoms with Gasteiger partial charge < -0.3 is 43.4 Å². The normalized spacial score (nSPS) is 31.6. The van der Waals surface area contributed by atoms with Gasteiger partial charge >= 0.3 is 18.0 Å². The summed E-state index contributed by atoms with van der Waals surface area (Å²) in [6.07, 6.45) is 2.52. The third kappa shape index (κ3) is 13.3.